The number of hydrogen-bond donors (Lipinski definition) is 0. The zero-order valence-corrected chi connectivity index (χ0v) is 13.4. The molecular weight excluding hydrogens is 270 g/mol. The van der Waals surface area contributed by atoms with E-state index in [-0.39, 0.29) is 5.56 Å². The molecule has 0 saturated heterocycles. The quantitative estimate of drug-likeness (QED) is 0.780. The highest BCUT2D eigenvalue weighted by molar-refractivity contribution is 7.99. The van der Waals surface area contributed by atoms with E-state index in [0.717, 1.165) is 36.4 Å². The van der Waals surface area contributed by atoms with Crippen LogP contribution in [0.1, 0.15) is 58.6 Å². The molecule has 0 unspecified atom stereocenters. The van der Waals surface area contributed by atoms with Crippen LogP contribution in [0.5, 0.6) is 0 Å². The molecule has 0 N–H and O–H groups in total. The molecule has 0 saturated carbocycles. The summed E-state index contributed by atoms with van der Waals surface area (Å²) in [6.07, 6.45) is 7.43. The van der Waals surface area contributed by atoms with Gasteiger partial charge in [-0.15, -0.1) is 10.2 Å². The minimum atomic E-state index is 0.0261. The van der Waals surface area contributed by atoms with Gasteiger partial charge in [-0.1, -0.05) is 38.6 Å². The van der Waals surface area contributed by atoms with Crippen molar-refractivity contribution >= 4 is 17.3 Å². The summed E-state index contributed by atoms with van der Waals surface area (Å²) in [7, 11) is 0. The van der Waals surface area contributed by atoms with Crippen LogP contribution in [-0.4, -0.2) is 20.0 Å². The molecule has 0 aliphatic heterocycles. The topological polar surface area (TPSA) is 47.8 Å². The summed E-state index contributed by atoms with van der Waals surface area (Å²) in [5, 5.41) is 9.67. The van der Waals surface area contributed by atoms with Crippen LogP contribution in [0.2, 0.25) is 0 Å². The first-order chi connectivity index (χ1) is 9.63. The second-order valence-corrected chi connectivity index (χ2v) is 6.97. The number of thioether (sulfide) groups is 1. The van der Waals surface area contributed by atoms with E-state index in [1.165, 1.54) is 6.42 Å². The van der Waals surface area contributed by atoms with E-state index in [1.807, 2.05) is 0 Å². The van der Waals surface area contributed by atoms with Crippen molar-refractivity contribution in [1.82, 2.24) is 14.8 Å². The lowest BCUT2D eigenvalue weighted by atomic mass is 9.97. The SMILES string of the molecule is CCCn1c(SC(C)C)nnc(C2=CCCCC2)c1=O. The van der Waals surface area contributed by atoms with Crippen LogP contribution < -0.4 is 5.56 Å². The first-order valence-corrected chi connectivity index (χ1v) is 8.35. The Morgan fingerprint density at radius 2 is 2.15 bits per heavy atom. The minimum Gasteiger partial charge on any atom is -0.284 e. The molecule has 1 heterocycles. The van der Waals surface area contributed by atoms with Gasteiger partial charge in [0.25, 0.3) is 5.56 Å². The molecule has 0 radical (unpaired) electrons. The Labute approximate surface area is 124 Å². The van der Waals surface area contributed by atoms with Crippen molar-refractivity contribution in [2.24, 2.45) is 0 Å². The zero-order chi connectivity index (χ0) is 14.5. The fourth-order valence-corrected chi connectivity index (χ4v) is 3.19. The number of hydrogen-bond acceptors (Lipinski definition) is 4. The van der Waals surface area contributed by atoms with Gasteiger partial charge in [0.1, 0.15) is 0 Å². The van der Waals surface area contributed by atoms with Crippen molar-refractivity contribution in [2.45, 2.75) is 69.8 Å². The van der Waals surface area contributed by atoms with E-state index in [4.69, 9.17) is 0 Å². The predicted molar refractivity (Wildman–Crippen MR) is 84.0 cm³/mol. The molecule has 0 bridgehead atoms. The maximum absolute atomic E-state index is 12.7. The number of rotatable bonds is 5. The largest absolute Gasteiger partial charge is 0.284 e. The van der Waals surface area contributed by atoms with Crippen molar-refractivity contribution in [3.05, 3.63) is 22.1 Å². The Morgan fingerprint density at radius 1 is 1.35 bits per heavy atom. The number of nitrogens with zero attached hydrogens (tertiary/aromatic N) is 3. The molecule has 0 atom stereocenters. The molecule has 1 aliphatic carbocycles. The van der Waals surface area contributed by atoms with Gasteiger partial charge >= 0.3 is 0 Å². The highest BCUT2D eigenvalue weighted by Gasteiger charge is 2.17. The maximum Gasteiger partial charge on any atom is 0.280 e. The molecule has 1 aromatic heterocycles. The lowest BCUT2D eigenvalue weighted by Crippen LogP contribution is -2.28. The third kappa shape index (κ3) is 3.51. The van der Waals surface area contributed by atoms with E-state index < -0.39 is 0 Å². The second kappa shape index (κ2) is 7.07. The van der Waals surface area contributed by atoms with E-state index in [0.29, 0.717) is 17.5 Å². The standard InChI is InChI=1S/C15H23N3OS/c1-4-10-18-14(19)13(12-8-6-5-7-9-12)16-17-15(18)20-11(2)3/h8,11H,4-7,9-10H2,1-3H3. The molecule has 0 amide bonds. The highest BCUT2D eigenvalue weighted by Crippen LogP contribution is 2.24. The van der Waals surface area contributed by atoms with E-state index in [9.17, 15) is 4.79 Å². The minimum absolute atomic E-state index is 0.0261. The van der Waals surface area contributed by atoms with Crippen LogP contribution >= 0.6 is 11.8 Å². The summed E-state index contributed by atoms with van der Waals surface area (Å²) in [5.74, 6) is 0. The summed E-state index contributed by atoms with van der Waals surface area (Å²) in [6.45, 7) is 7.00. The Balaban J connectivity index is 2.43. The molecule has 110 valence electrons. The van der Waals surface area contributed by atoms with Gasteiger partial charge in [0.05, 0.1) is 0 Å². The Morgan fingerprint density at radius 3 is 2.75 bits per heavy atom. The summed E-state index contributed by atoms with van der Waals surface area (Å²) in [4.78, 5) is 12.7. The molecule has 5 heteroatoms. The lowest BCUT2D eigenvalue weighted by Gasteiger charge is -2.15. The Bertz CT molecular complexity index is 549. The fourth-order valence-electron chi connectivity index (χ4n) is 2.38. The lowest BCUT2D eigenvalue weighted by molar-refractivity contribution is 0.549. The van der Waals surface area contributed by atoms with Crippen LogP contribution in [0.25, 0.3) is 5.57 Å². The summed E-state index contributed by atoms with van der Waals surface area (Å²) < 4.78 is 1.79. The smallest absolute Gasteiger partial charge is 0.280 e. The average Bonchev–Trinajstić information content (AvgIpc) is 2.43. The number of aromatic nitrogens is 3. The molecule has 0 aromatic carbocycles. The van der Waals surface area contributed by atoms with Crippen molar-refractivity contribution < 1.29 is 0 Å². The van der Waals surface area contributed by atoms with Gasteiger partial charge in [0.15, 0.2) is 10.9 Å². The molecule has 20 heavy (non-hydrogen) atoms. The maximum atomic E-state index is 12.7. The molecule has 4 nitrogen and oxygen atoms in total. The summed E-state index contributed by atoms with van der Waals surface area (Å²) >= 11 is 1.60. The fraction of sp³-hybridized carbons (Fsp3) is 0.667. The van der Waals surface area contributed by atoms with Crippen molar-refractivity contribution in [3.63, 3.8) is 0 Å². The Hall–Kier alpha value is -1.10. The van der Waals surface area contributed by atoms with Crippen LogP contribution in [0.4, 0.5) is 0 Å². The second-order valence-electron chi connectivity index (χ2n) is 5.43. The van der Waals surface area contributed by atoms with Gasteiger partial charge in [-0.2, -0.15) is 0 Å². The molecule has 2 rings (SSSR count). The monoisotopic (exact) mass is 293 g/mol. The Kier molecular flexibility index (Phi) is 5.40. The molecular formula is C15H23N3OS. The van der Waals surface area contributed by atoms with E-state index >= 15 is 0 Å². The van der Waals surface area contributed by atoms with E-state index in [2.05, 4.69) is 37.0 Å². The first-order valence-electron chi connectivity index (χ1n) is 7.47. The number of allylic oxidation sites excluding steroid dienone is 2. The summed E-state index contributed by atoms with van der Waals surface area (Å²) in [6, 6.07) is 0. The van der Waals surface area contributed by atoms with Crippen LogP contribution in [0.15, 0.2) is 16.0 Å². The van der Waals surface area contributed by atoms with Crippen LogP contribution in [0.3, 0.4) is 0 Å². The van der Waals surface area contributed by atoms with Crippen LogP contribution in [-0.2, 0) is 6.54 Å². The van der Waals surface area contributed by atoms with Crippen molar-refractivity contribution in [2.75, 3.05) is 0 Å². The highest BCUT2D eigenvalue weighted by atomic mass is 32.2. The third-order valence-corrected chi connectivity index (χ3v) is 4.28. The van der Waals surface area contributed by atoms with Gasteiger partial charge < -0.3 is 0 Å². The van der Waals surface area contributed by atoms with Crippen LogP contribution in [0, 0.1) is 0 Å². The van der Waals surface area contributed by atoms with E-state index in [1.54, 1.807) is 16.3 Å². The molecule has 1 aliphatic rings. The van der Waals surface area contributed by atoms with Gasteiger partial charge in [0.2, 0.25) is 0 Å². The predicted octanol–water partition coefficient (Wildman–Crippen LogP) is 3.51. The average molecular weight is 293 g/mol. The molecule has 0 fully saturated rings. The van der Waals surface area contributed by atoms with Gasteiger partial charge in [-0.05, 0) is 37.7 Å². The van der Waals surface area contributed by atoms with Crippen molar-refractivity contribution in [1.29, 1.82) is 0 Å². The normalized spacial score (nSPS) is 15.5. The molecule has 0 spiro atoms. The van der Waals surface area contributed by atoms with Gasteiger partial charge in [0, 0.05) is 11.8 Å². The van der Waals surface area contributed by atoms with Gasteiger partial charge in [-0.25, -0.2) is 0 Å². The first kappa shape index (κ1) is 15.3. The molecule has 1 aromatic rings. The van der Waals surface area contributed by atoms with Gasteiger partial charge in [-0.3, -0.25) is 9.36 Å². The zero-order valence-electron chi connectivity index (χ0n) is 12.6. The van der Waals surface area contributed by atoms with Crippen molar-refractivity contribution in [3.8, 4) is 0 Å². The summed E-state index contributed by atoms with van der Waals surface area (Å²) in [5.41, 5.74) is 1.67. The third-order valence-electron chi connectivity index (χ3n) is 3.30.